The average molecular weight is 362 g/mol. The summed E-state index contributed by atoms with van der Waals surface area (Å²) in [5.74, 6) is 4.78. The molecule has 1 heterocycles. The first-order valence-electron chi connectivity index (χ1n) is 7.33. The molecule has 0 saturated carbocycles. The van der Waals surface area contributed by atoms with Crippen LogP contribution in [0.3, 0.4) is 0 Å². The highest BCUT2D eigenvalue weighted by atomic mass is 35.5. The third-order valence-electron chi connectivity index (χ3n) is 3.74. The van der Waals surface area contributed by atoms with Gasteiger partial charge in [-0.3, -0.25) is 10.2 Å². The summed E-state index contributed by atoms with van der Waals surface area (Å²) in [6.45, 7) is 2.73. The minimum absolute atomic E-state index is 0.0831. The predicted octanol–water partition coefficient (Wildman–Crippen LogP) is 1.13. The summed E-state index contributed by atoms with van der Waals surface area (Å²) >= 11 is 6.07. The molecule has 0 aliphatic carbocycles. The summed E-state index contributed by atoms with van der Waals surface area (Å²) in [6, 6.07) is 4.36. The van der Waals surface area contributed by atoms with Gasteiger partial charge in [-0.05, 0) is 38.0 Å². The van der Waals surface area contributed by atoms with Crippen LogP contribution in [-0.4, -0.2) is 38.3 Å². The highest BCUT2D eigenvalue weighted by Crippen LogP contribution is 2.30. The third-order valence-corrected chi connectivity index (χ3v) is 5.89. The van der Waals surface area contributed by atoms with Crippen LogP contribution in [0.2, 0.25) is 5.02 Å². The first kappa shape index (κ1) is 18.0. The van der Waals surface area contributed by atoms with Gasteiger partial charge in [0.1, 0.15) is 5.75 Å². The lowest BCUT2D eigenvalue weighted by atomic mass is 9.99. The molecule has 1 aromatic carbocycles. The standard InChI is InChI=1S/C14H20ClN3O4S/c1-2-22-13-6-5-11(8-12(13)15)23(20,21)18-7-3-4-10(9-18)14(19)17-16/h5-6,8,10H,2-4,7,9,16H2,1H3,(H,17,19)/t10-/m1/s1. The van der Waals surface area contributed by atoms with E-state index in [1.54, 1.807) is 0 Å². The van der Waals surface area contributed by atoms with Crippen molar-refractivity contribution in [3.63, 3.8) is 0 Å². The Labute approximate surface area is 140 Å². The van der Waals surface area contributed by atoms with E-state index in [4.69, 9.17) is 22.2 Å². The van der Waals surface area contributed by atoms with Crippen LogP contribution in [0.4, 0.5) is 0 Å². The monoisotopic (exact) mass is 361 g/mol. The number of nitrogens with zero attached hydrogens (tertiary/aromatic N) is 1. The number of hydrogen-bond acceptors (Lipinski definition) is 5. The number of carbonyl (C=O) groups excluding carboxylic acids is 1. The Balaban J connectivity index is 2.24. The maximum atomic E-state index is 12.7. The molecule has 1 aromatic rings. The van der Waals surface area contributed by atoms with Gasteiger partial charge in [0.2, 0.25) is 15.9 Å². The molecule has 3 N–H and O–H groups in total. The second-order valence-electron chi connectivity index (χ2n) is 5.24. The molecule has 0 bridgehead atoms. The summed E-state index contributed by atoms with van der Waals surface area (Å²) in [7, 11) is -3.72. The molecule has 1 atom stereocenters. The first-order valence-corrected chi connectivity index (χ1v) is 9.15. The molecule has 2 rings (SSSR count). The Morgan fingerprint density at radius 2 is 2.26 bits per heavy atom. The van der Waals surface area contributed by atoms with Crippen LogP contribution >= 0.6 is 11.6 Å². The molecule has 1 fully saturated rings. The van der Waals surface area contributed by atoms with Gasteiger partial charge in [0.05, 0.1) is 22.4 Å². The number of amides is 1. The van der Waals surface area contributed by atoms with E-state index in [0.717, 1.165) is 0 Å². The summed E-state index contributed by atoms with van der Waals surface area (Å²) < 4.78 is 32.1. The first-order chi connectivity index (χ1) is 10.9. The van der Waals surface area contributed by atoms with E-state index >= 15 is 0 Å². The SMILES string of the molecule is CCOc1ccc(S(=O)(=O)N2CCC[C@@H](C(=O)NN)C2)cc1Cl. The number of rotatable bonds is 5. The predicted molar refractivity (Wildman–Crippen MR) is 86.4 cm³/mol. The van der Waals surface area contributed by atoms with Crippen LogP contribution in [0.5, 0.6) is 5.75 Å². The van der Waals surface area contributed by atoms with E-state index in [-0.39, 0.29) is 22.4 Å². The van der Waals surface area contributed by atoms with Gasteiger partial charge in [0.15, 0.2) is 0 Å². The second kappa shape index (κ2) is 7.48. The van der Waals surface area contributed by atoms with Crippen LogP contribution < -0.4 is 16.0 Å². The molecule has 9 heteroatoms. The van der Waals surface area contributed by atoms with Crippen LogP contribution in [0.15, 0.2) is 23.1 Å². The van der Waals surface area contributed by atoms with Crippen molar-refractivity contribution in [1.29, 1.82) is 0 Å². The fraction of sp³-hybridized carbons (Fsp3) is 0.500. The van der Waals surface area contributed by atoms with Crippen molar-refractivity contribution in [2.75, 3.05) is 19.7 Å². The average Bonchev–Trinajstić information content (AvgIpc) is 2.56. The molecular formula is C14H20ClN3O4S. The third kappa shape index (κ3) is 3.95. The van der Waals surface area contributed by atoms with E-state index in [9.17, 15) is 13.2 Å². The topological polar surface area (TPSA) is 102 Å². The lowest BCUT2D eigenvalue weighted by Crippen LogP contribution is -2.46. The zero-order valence-electron chi connectivity index (χ0n) is 12.8. The van der Waals surface area contributed by atoms with Crippen molar-refractivity contribution >= 4 is 27.5 Å². The number of sulfonamides is 1. The molecule has 0 spiro atoms. The van der Waals surface area contributed by atoms with Gasteiger partial charge in [-0.25, -0.2) is 14.3 Å². The molecule has 1 saturated heterocycles. The summed E-state index contributed by atoms with van der Waals surface area (Å²) in [5.41, 5.74) is 2.08. The second-order valence-corrected chi connectivity index (χ2v) is 7.58. The van der Waals surface area contributed by atoms with Gasteiger partial charge in [-0.2, -0.15) is 4.31 Å². The fourth-order valence-corrected chi connectivity index (χ4v) is 4.41. The van der Waals surface area contributed by atoms with Crippen molar-refractivity contribution in [2.24, 2.45) is 11.8 Å². The van der Waals surface area contributed by atoms with E-state index in [1.165, 1.54) is 22.5 Å². The van der Waals surface area contributed by atoms with Crippen molar-refractivity contribution in [2.45, 2.75) is 24.7 Å². The van der Waals surface area contributed by atoms with Crippen LogP contribution in [0.25, 0.3) is 0 Å². The number of nitrogens with one attached hydrogen (secondary N) is 1. The minimum Gasteiger partial charge on any atom is -0.492 e. The summed E-state index contributed by atoms with van der Waals surface area (Å²) in [6.07, 6.45) is 1.21. The highest BCUT2D eigenvalue weighted by Gasteiger charge is 2.33. The largest absolute Gasteiger partial charge is 0.492 e. The molecular weight excluding hydrogens is 342 g/mol. The maximum Gasteiger partial charge on any atom is 0.243 e. The number of nitrogens with two attached hydrogens (primary N) is 1. The van der Waals surface area contributed by atoms with E-state index in [2.05, 4.69) is 5.43 Å². The fourth-order valence-electron chi connectivity index (χ4n) is 2.56. The lowest BCUT2D eigenvalue weighted by molar-refractivity contribution is -0.126. The van der Waals surface area contributed by atoms with Gasteiger partial charge >= 0.3 is 0 Å². The molecule has 7 nitrogen and oxygen atoms in total. The van der Waals surface area contributed by atoms with Crippen molar-refractivity contribution in [3.8, 4) is 5.75 Å². The van der Waals surface area contributed by atoms with E-state index in [1.807, 2.05) is 6.92 Å². The highest BCUT2D eigenvalue weighted by molar-refractivity contribution is 7.89. The maximum absolute atomic E-state index is 12.7. The number of hydrazine groups is 1. The molecule has 0 aromatic heterocycles. The number of carbonyl (C=O) groups is 1. The zero-order valence-corrected chi connectivity index (χ0v) is 14.4. The Hall–Kier alpha value is -1.35. The van der Waals surface area contributed by atoms with Crippen LogP contribution in [0, 0.1) is 5.92 Å². The molecule has 1 aliphatic heterocycles. The van der Waals surface area contributed by atoms with Gasteiger partial charge in [0, 0.05) is 13.1 Å². The molecule has 1 amide bonds. The van der Waals surface area contributed by atoms with Crippen LogP contribution in [-0.2, 0) is 14.8 Å². The minimum atomic E-state index is -3.72. The van der Waals surface area contributed by atoms with Gasteiger partial charge in [-0.15, -0.1) is 0 Å². The van der Waals surface area contributed by atoms with Gasteiger partial charge < -0.3 is 4.74 Å². The van der Waals surface area contributed by atoms with E-state index in [0.29, 0.717) is 31.7 Å². The zero-order chi connectivity index (χ0) is 17.0. The smallest absolute Gasteiger partial charge is 0.243 e. The number of hydrogen-bond donors (Lipinski definition) is 2. The number of ether oxygens (including phenoxy) is 1. The quantitative estimate of drug-likeness (QED) is 0.465. The molecule has 0 radical (unpaired) electrons. The Morgan fingerprint density at radius 1 is 1.52 bits per heavy atom. The number of halogens is 1. The molecule has 128 valence electrons. The van der Waals surface area contributed by atoms with Crippen LogP contribution in [0.1, 0.15) is 19.8 Å². The Kier molecular flexibility index (Phi) is 5.85. The molecule has 1 aliphatic rings. The number of benzene rings is 1. The summed E-state index contributed by atoms with van der Waals surface area (Å²) in [5, 5.41) is 0.237. The normalized spacial score (nSPS) is 19.3. The van der Waals surface area contributed by atoms with Crippen molar-refractivity contribution in [1.82, 2.24) is 9.73 Å². The van der Waals surface area contributed by atoms with Gasteiger partial charge in [0.25, 0.3) is 0 Å². The summed E-state index contributed by atoms with van der Waals surface area (Å²) in [4.78, 5) is 11.7. The molecule has 23 heavy (non-hydrogen) atoms. The van der Waals surface area contributed by atoms with Gasteiger partial charge in [-0.1, -0.05) is 11.6 Å². The van der Waals surface area contributed by atoms with Crippen molar-refractivity contribution < 1.29 is 17.9 Å². The van der Waals surface area contributed by atoms with Crippen molar-refractivity contribution in [3.05, 3.63) is 23.2 Å². The Bertz CT molecular complexity index is 681. The molecule has 0 unspecified atom stereocenters. The van der Waals surface area contributed by atoms with E-state index < -0.39 is 15.9 Å². The lowest BCUT2D eigenvalue weighted by Gasteiger charge is -2.30. The number of piperidine rings is 1. The Morgan fingerprint density at radius 3 is 2.87 bits per heavy atom.